The van der Waals surface area contributed by atoms with E-state index in [2.05, 4.69) is 19.2 Å². The van der Waals surface area contributed by atoms with Gasteiger partial charge in [0.05, 0.1) is 12.3 Å². The third-order valence-electron chi connectivity index (χ3n) is 2.55. The van der Waals surface area contributed by atoms with Crippen LogP contribution in [0.1, 0.15) is 35.3 Å². The number of carbonyl (C=O) groups is 1. The van der Waals surface area contributed by atoms with Crippen molar-refractivity contribution in [1.29, 1.82) is 0 Å². The van der Waals surface area contributed by atoms with Crippen molar-refractivity contribution in [3.05, 3.63) is 46.5 Å². The predicted octanol–water partition coefficient (Wildman–Crippen LogP) is 3.47. The Kier molecular flexibility index (Phi) is 3.64. The molecule has 2 aromatic rings. The number of hydrogen-bond donors (Lipinski definition) is 1. The van der Waals surface area contributed by atoms with Crippen LogP contribution < -0.4 is 5.32 Å². The summed E-state index contributed by atoms with van der Waals surface area (Å²) in [7, 11) is 0. The minimum Gasteiger partial charge on any atom is -0.459 e. The van der Waals surface area contributed by atoms with Gasteiger partial charge >= 0.3 is 0 Å². The van der Waals surface area contributed by atoms with Gasteiger partial charge in [0.25, 0.3) is 5.91 Å². The molecule has 2 heterocycles. The first-order valence-electron chi connectivity index (χ1n) is 5.56. The second kappa shape index (κ2) is 5.19. The Morgan fingerprint density at radius 3 is 2.71 bits per heavy atom. The highest BCUT2D eigenvalue weighted by Crippen LogP contribution is 2.26. The van der Waals surface area contributed by atoms with Crippen LogP contribution in [-0.4, -0.2) is 5.91 Å². The Labute approximate surface area is 104 Å². The Balaban J connectivity index is 2.12. The molecule has 2 aromatic heterocycles. The molecule has 3 nitrogen and oxygen atoms in total. The second-order valence-corrected chi connectivity index (χ2v) is 5.17. The molecule has 0 bridgehead atoms. The monoisotopic (exact) mass is 249 g/mol. The van der Waals surface area contributed by atoms with E-state index in [0.29, 0.717) is 11.7 Å². The zero-order valence-electron chi connectivity index (χ0n) is 9.84. The third kappa shape index (κ3) is 2.77. The van der Waals surface area contributed by atoms with Gasteiger partial charge in [0.1, 0.15) is 0 Å². The summed E-state index contributed by atoms with van der Waals surface area (Å²) < 4.78 is 5.08. The first-order chi connectivity index (χ1) is 8.18. The smallest absolute Gasteiger partial charge is 0.287 e. The van der Waals surface area contributed by atoms with Gasteiger partial charge in [0.2, 0.25) is 0 Å². The quantitative estimate of drug-likeness (QED) is 0.901. The van der Waals surface area contributed by atoms with E-state index in [1.807, 2.05) is 17.5 Å². The predicted molar refractivity (Wildman–Crippen MR) is 68.1 cm³/mol. The number of furan rings is 1. The van der Waals surface area contributed by atoms with Gasteiger partial charge in [0, 0.05) is 4.88 Å². The maximum Gasteiger partial charge on any atom is 0.287 e. The molecule has 17 heavy (non-hydrogen) atoms. The van der Waals surface area contributed by atoms with Crippen LogP contribution in [0.2, 0.25) is 0 Å². The highest BCUT2D eigenvalue weighted by Gasteiger charge is 2.20. The van der Waals surface area contributed by atoms with Crippen molar-refractivity contribution in [2.45, 2.75) is 19.9 Å². The molecule has 0 fully saturated rings. The number of thiophene rings is 1. The third-order valence-corrected chi connectivity index (χ3v) is 3.50. The lowest BCUT2D eigenvalue weighted by atomic mass is 10.0. The van der Waals surface area contributed by atoms with Crippen LogP contribution in [0.15, 0.2) is 40.3 Å². The molecule has 0 unspecified atom stereocenters. The number of amides is 1. The number of rotatable bonds is 4. The summed E-state index contributed by atoms with van der Waals surface area (Å²) in [6, 6.07) is 7.45. The summed E-state index contributed by atoms with van der Waals surface area (Å²) in [5, 5.41) is 5.02. The van der Waals surface area contributed by atoms with E-state index in [9.17, 15) is 4.79 Å². The number of nitrogens with one attached hydrogen (secondary N) is 1. The molecule has 0 saturated heterocycles. The SMILES string of the molecule is CC(C)[C@@H](NC(=O)c1ccco1)c1cccs1. The molecule has 1 amide bonds. The fourth-order valence-corrected chi connectivity index (χ4v) is 2.60. The van der Waals surface area contributed by atoms with Gasteiger partial charge in [-0.3, -0.25) is 4.79 Å². The number of carbonyl (C=O) groups excluding carboxylic acids is 1. The van der Waals surface area contributed by atoms with Crippen molar-refractivity contribution in [2.75, 3.05) is 0 Å². The highest BCUT2D eigenvalue weighted by atomic mass is 32.1. The summed E-state index contributed by atoms with van der Waals surface area (Å²) in [4.78, 5) is 13.1. The minimum atomic E-state index is -0.165. The molecule has 2 rings (SSSR count). The first-order valence-corrected chi connectivity index (χ1v) is 6.44. The second-order valence-electron chi connectivity index (χ2n) is 4.19. The van der Waals surface area contributed by atoms with Crippen LogP contribution >= 0.6 is 11.3 Å². The van der Waals surface area contributed by atoms with Crippen LogP contribution in [0.3, 0.4) is 0 Å². The molecule has 90 valence electrons. The van der Waals surface area contributed by atoms with Gasteiger partial charge in [-0.1, -0.05) is 19.9 Å². The van der Waals surface area contributed by atoms with E-state index >= 15 is 0 Å². The minimum absolute atomic E-state index is 0.0348. The molecule has 4 heteroatoms. The lowest BCUT2D eigenvalue weighted by Gasteiger charge is -2.20. The molecule has 1 N–H and O–H groups in total. The van der Waals surface area contributed by atoms with Gasteiger partial charge < -0.3 is 9.73 Å². The normalized spacial score (nSPS) is 12.6. The van der Waals surface area contributed by atoms with E-state index in [1.54, 1.807) is 23.5 Å². The topological polar surface area (TPSA) is 42.2 Å². The lowest BCUT2D eigenvalue weighted by Crippen LogP contribution is -2.30. The average Bonchev–Trinajstić information content (AvgIpc) is 2.97. The van der Waals surface area contributed by atoms with Crippen LogP contribution in [-0.2, 0) is 0 Å². The van der Waals surface area contributed by atoms with Crippen LogP contribution in [0.25, 0.3) is 0 Å². The van der Waals surface area contributed by atoms with E-state index < -0.39 is 0 Å². The lowest BCUT2D eigenvalue weighted by molar-refractivity contribution is 0.0898. The largest absolute Gasteiger partial charge is 0.459 e. The molecule has 0 spiro atoms. The van der Waals surface area contributed by atoms with Crippen molar-refractivity contribution < 1.29 is 9.21 Å². The molecule has 0 aromatic carbocycles. The maximum atomic E-state index is 11.9. The molecular weight excluding hydrogens is 234 g/mol. The van der Waals surface area contributed by atoms with Gasteiger partial charge in [-0.15, -0.1) is 11.3 Å². The van der Waals surface area contributed by atoms with Gasteiger partial charge in [-0.25, -0.2) is 0 Å². The summed E-state index contributed by atoms with van der Waals surface area (Å²) in [6.45, 7) is 4.18. The van der Waals surface area contributed by atoms with Crippen molar-refractivity contribution in [2.24, 2.45) is 5.92 Å². The van der Waals surface area contributed by atoms with E-state index in [0.717, 1.165) is 0 Å². The molecule has 0 aliphatic carbocycles. The molecule has 0 radical (unpaired) electrons. The molecule has 0 saturated carbocycles. The highest BCUT2D eigenvalue weighted by molar-refractivity contribution is 7.10. The molecular formula is C13H15NO2S. The number of hydrogen-bond acceptors (Lipinski definition) is 3. The van der Waals surface area contributed by atoms with Crippen molar-refractivity contribution in [3.8, 4) is 0 Å². The Bertz CT molecular complexity index is 460. The first kappa shape index (κ1) is 11.9. The van der Waals surface area contributed by atoms with E-state index in [1.165, 1.54) is 11.1 Å². The summed E-state index contributed by atoms with van der Waals surface area (Å²) >= 11 is 1.65. The van der Waals surface area contributed by atoms with Crippen LogP contribution in [0, 0.1) is 5.92 Å². The Hall–Kier alpha value is -1.55. The molecule has 0 aliphatic rings. The fourth-order valence-electron chi connectivity index (χ4n) is 1.65. The van der Waals surface area contributed by atoms with Crippen LogP contribution in [0.4, 0.5) is 0 Å². The summed E-state index contributed by atoms with van der Waals surface area (Å²) in [5.41, 5.74) is 0. The fraction of sp³-hybridized carbons (Fsp3) is 0.308. The van der Waals surface area contributed by atoms with Crippen molar-refractivity contribution >= 4 is 17.2 Å². The zero-order chi connectivity index (χ0) is 12.3. The zero-order valence-corrected chi connectivity index (χ0v) is 10.7. The van der Waals surface area contributed by atoms with Gasteiger partial charge in [0.15, 0.2) is 5.76 Å². The van der Waals surface area contributed by atoms with Gasteiger partial charge in [-0.2, -0.15) is 0 Å². The summed E-state index contributed by atoms with van der Waals surface area (Å²) in [5.74, 6) is 0.530. The van der Waals surface area contributed by atoms with E-state index in [-0.39, 0.29) is 11.9 Å². The van der Waals surface area contributed by atoms with E-state index in [4.69, 9.17) is 4.42 Å². The van der Waals surface area contributed by atoms with Crippen LogP contribution in [0.5, 0.6) is 0 Å². The van der Waals surface area contributed by atoms with Crippen molar-refractivity contribution in [3.63, 3.8) is 0 Å². The summed E-state index contributed by atoms with van der Waals surface area (Å²) in [6.07, 6.45) is 1.50. The maximum absolute atomic E-state index is 11.9. The standard InChI is InChI=1S/C13H15NO2S/c1-9(2)12(11-6-4-8-17-11)14-13(15)10-5-3-7-16-10/h3-9,12H,1-2H3,(H,14,15)/t12-/m1/s1. The Morgan fingerprint density at radius 2 is 2.18 bits per heavy atom. The van der Waals surface area contributed by atoms with Crippen molar-refractivity contribution in [1.82, 2.24) is 5.32 Å². The Morgan fingerprint density at radius 1 is 1.35 bits per heavy atom. The molecule has 1 atom stereocenters. The molecule has 0 aliphatic heterocycles. The van der Waals surface area contributed by atoms with Gasteiger partial charge in [-0.05, 0) is 29.5 Å². The average molecular weight is 249 g/mol.